The van der Waals surface area contributed by atoms with E-state index in [2.05, 4.69) is 22.1 Å². The van der Waals surface area contributed by atoms with Gasteiger partial charge in [-0.1, -0.05) is 0 Å². The van der Waals surface area contributed by atoms with Crippen molar-refractivity contribution in [3.8, 4) is 0 Å². The molecule has 1 aromatic heterocycles. The number of hydrogen-bond acceptors (Lipinski definition) is 2. The molecule has 0 saturated heterocycles. The largest absolute Gasteiger partial charge is 0.253 e. The summed E-state index contributed by atoms with van der Waals surface area (Å²) in [5, 5.41) is 0. The van der Waals surface area contributed by atoms with Gasteiger partial charge in [0.2, 0.25) is 0 Å². The van der Waals surface area contributed by atoms with Gasteiger partial charge in [-0.3, -0.25) is 9.97 Å². The van der Waals surface area contributed by atoms with Crippen molar-refractivity contribution < 1.29 is 0 Å². The Morgan fingerprint density at radius 1 is 0.900 bits per heavy atom. The van der Waals surface area contributed by atoms with Gasteiger partial charge in [0.1, 0.15) is 0 Å². The van der Waals surface area contributed by atoms with Gasteiger partial charge in [0.05, 0.1) is 11.0 Å². The van der Waals surface area contributed by atoms with E-state index in [4.69, 9.17) is 0 Å². The highest BCUT2D eigenvalue weighted by Gasteiger charge is 1.88. The van der Waals surface area contributed by atoms with Gasteiger partial charge in [0.15, 0.2) is 0 Å². The fraction of sp³-hybridized carbons (Fsp3) is 0. The summed E-state index contributed by atoms with van der Waals surface area (Å²) < 4.78 is 0. The molecule has 0 atom stereocenters. The van der Waals surface area contributed by atoms with Crippen molar-refractivity contribution in [3.05, 3.63) is 36.7 Å². The number of aromatic nitrogens is 2. The van der Waals surface area contributed by atoms with Crippen LogP contribution in [0, 0.1) is 12.1 Å². The summed E-state index contributed by atoms with van der Waals surface area (Å²) in [4.78, 5) is 8.13. The highest BCUT2D eigenvalue weighted by atomic mass is 14.8. The number of fused-ring (bicyclic) bond motifs is 1. The van der Waals surface area contributed by atoms with Gasteiger partial charge < -0.3 is 0 Å². The monoisotopic (exact) mass is 128 g/mol. The summed E-state index contributed by atoms with van der Waals surface area (Å²) in [5.74, 6) is 0. The Labute approximate surface area is 58.6 Å². The molecule has 2 aromatic rings. The lowest BCUT2D eigenvalue weighted by Crippen LogP contribution is -1.79. The molecule has 2 heteroatoms. The fourth-order valence-corrected chi connectivity index (χ4v) is 0.802. The maximum absolute atomic E-state index is 4.07. The Morgan fingerprint density at radius 2 is 1.40 bits per heavy atom. The van der Waals surface area contributed by atoms with Gasteiger partial charge in [-0.2, -0.15) is 0 Å². The average molecular weight is 128 g/mol. The molecule has 0 spiro atoms. The molecule has 0 fully saturated rings. The number of nitrogens with zero attached hydrogens (tertiary/aromatic N) is 2. The van der Waals surface area contributed by atoms with Crippen LogP contribution in [0.4, 0.5) is 0 Å². The maximum Gasteiger partial charge on any atom is 0.0893 e. The van der Waals surface area contributed by atoms with Crippen molar-refractivity contribution in [2.75, 3.05) is 0 Å². The average Bonchev–Trinajstić information content (AvgIpc) is 2.05. The van der Waals surface area contributed by atoms with Crippen LogP contribution in [0.2, 0.25) is 0 Å². The lowest BCUT2D eigenvalue weighted by molar-refractivity contribution is 1.29. The predicted molar refractivity (Wildman–Crippen MR) is 37.2 cm³/mol. The molecule has 2 nitrogen and oxygen atoms in total. The van der Waals surface area contributed by atoms with Crippen LogP contribution in [0.1, 0.15) is 0 Å². The van der Waals surface area contributed by atoms with Crippen molar-refractivity contribution in [1.29, 1.82) is 0 Å². The lowest BCUT2D eigenvalue weighted by atomic mass is 10.3. The Hall–Kier alpha value is -1.44. The summed E-state index contributed by atoms with van der Waals surface area (Å²) in [5.41, 5.74) is 1.72. The van der Waals surface area contributed by atoms with Crippen LogP contribution < -0.4 is 0 Å². The molecular weight excluding hydrogens is 124 g/mol. The zero-order valence-electron chi connectivity index (χ0n) is 5.20. The van der Waals surface area contributed by atoms with Crippen molar-refractivity contribution in [2.45, 2.75) is 0 Å². The first-order valence-corrected chi connectivity index (χ1v) is 2.95. The highest BCUT2D eigenvalue weighted by molar-refractivity contribution is 5.72. The van der Waals surface area contributed by atoms with Crippen molar-refractivity contribution >= 4 is 11.0 Å². The van der Waals surface area contributed by atoms with E-state index < -0.39 is 0 Å². The van der Waals surface area contributed by atoms with E-state index in [-0.39, 0.29) is 0 Å². The fourth-order valence-electron chi connectivity index (χ4n) is 0.802. The first-order valence-electron chi connectivity index (χ1n) is 2.95. The summed E-state index contributed by atoms with van der Waals surface area (Å²) in [6, 6.07) is 9.15. The Balaban J connectivity index is 2.89. The van der Waals surface area contributed by atoms with Crippen LogP contribution in [0.25, 0.3) is 11.0 Å². The SMILES string of the molecule is [c]1[c]cc2nccnc2c1. The third kappa shape index (κ3) is 0.739. The summed E-state index contributed by atoms with van der Waals surface area (Å²) in [7, 11) is 0. The molecule has 10 heavy (non-hydrogen) atoms. The molecule has 2 radical (unpaired) electrons. The van der Waals surface area contributed by atoms with Crippen LogP contribution in [-0.4, -0.2) is 9.97 Å². The molecule has 0 saturated carbocycles. The predicted octanol–water partition coefficient (Wildman–Crippen LogP) is 1.23. The third-order valence-electron chi connectivity index (χ3n) is 1.26. The zero-order chi connectivity index (χ0) is 6.81. The number of hydrogen-bond donors (Lipinski definition) is 0. The molecule has 0 amide bonds. The van der Waals surface area contributed by atoms with Crippen molar-refractivity contribution in [3.63, 3.8) is 0 Å². The van der Waals surface area contributed by atoms with Crippen LogP contribution in [0.5, 0.6) is 0 Å². The first-order chi connectivity index (χ1) is 4.97. The van der Waals surface area contributed by atoms with Crippen LogP contribution >= 0.6 is 0 Å². The minimum Gasteiger partial charge on any atom is -0.253 e. The summed E-state index contributed by atoms with van der Waals surface area (Å²) in [6.45, 7) is 0. The Morgan fingerprint density at radius 3 is 1.90 bits per heavy atom. The van der Waals surface area contributed by atoms with E-state index in [0.717, 1.165) is 11.0 Å². The van der Waals surface area contributed by atoms with E-state index in [0.29, 0.717) is 0 Å². The molecule has 1 aromatic carbocycles. The Bertz CT molecular complexity index is 278. The zero-order valence-corrected chi connectivity index (χ0v) is 5.20. The standard InChI is InChI=1S/C8H4N2/c1-2-4-8-7(3-1)9-5-6-10-8/h3-6H. The smallest absolute Gasteiger partial charge is 0.0893 e. The highest BCUT2D eigenvalue weighted by Crippen LogP contribution is 2.03. The summed E-state index contributed by atoms with van der Waals surface area (Å²) >= 11 is 0. The maximum atomic E-state index is 4.07. The van der Waals surface area contributed by atoms with Crippen LogP contribution in [0.3, 0.4) is 0 Å². The number of rotatable bonds is 0. The van der Waals surface area contributed by atoms with E-state index in [1.807, 2.05) is 0 Å². The Kier molecular flexibility index (Phi) is 1.10. The molecule has 46 valence electrons. The van der Waals surface area contributed by atoms with Gasteiger partial charge in [0.25, 0.3) is 0 Å². The topological polar surface area (TPSA) is 25.8 Å². The number of benzene rings is 1. The molecule has 0 bridgehead atoms. The van der Waals surface area contributed by atoms with Gasteiger partial charge in [0, 0.05) is 12.4 Å². The lowest BCUT2D eigenvalue weighted by Gasteiger charge is -1.89. The second kappa shape index (κ2) is 2.06. The normalized spacial score (nSPS) is 10.0. The van der Waals surface area contributed by atoms with Gasteiger partial charge >= 0.3 is 0 Å². The van der Waals surface area contributed by atoms with E-state index in [1.165, 1.54) is 0 Å². The van der Waals surface area contributed by atoms with Crippen molar-refractivity contribution in [2.24, 2.45) is 0 Å². The van der Waals surface area contributed by atoms with E-state index in [9.17, 15) is 0 Å². The van der Waals surface area contributed by atoms with E-state index in [1.54, 1.807) is 24.5 Å². The molecule has 2 rings (SSSR count). The van der Waals surface area contributed by atoms with Gasteiger partial charge in [-0.25, -0.2) is 0 Å². The second-order valence-corrected chi connectivity index (χ2v) is 1.90. The first kappa shape index (κ1) is 5.35. The molecule has 1 heterocycles. The molecule has 0 aliphatic rings. The van der Waals surface area contributed by atoms with Crippen molar-refractivity contribution in [1.82, 2.24) is 9.97 Å². The van der Waals surface area contributed by atoms with Crippen LogP contribution in [0.15, 0.2) is 24.5 Å². The molecular formula is C8H4N2. The van der Waals surface area contributed by atoms with E-state index >= 15 is 0 Å². The second-order valence-electron chi connectivity index (χ2n) is 1.90. The molecule has 0 N–H and O–H groups in total. The molecule has 0 unspecified atom stereocenters. The summed E-state index contributed by atoms with van der Waals surface area (Å²) in [6.07, 6.45) is 3.33. The minimum absolute atomic E-state index is 0.862. The van der Waals surface area contributed by atoms with Crippen LogP contribution in [-0.2, 0) is 0 Å². The molecule has 0 aliphatic carbocycles. The minimum atomic E-state index is 0.862. The molecule has 0 aliphatic heterocycles. The quantitative estimate of drug-likeness (QED) is 0.533. The van der Waals surface area contributed by atoms with Gasteiger partial charge in [-0.05, 0) is 24.3 Å². The third-order valence-corrected chi connectivity index (χ3v) is 1.26. The van der Waals surface area contributed by atoms with Gasteiger partial charge in [-0.15, -0.1) is 0 Å².